The molecular formula is C18H14O4S2. The molecule has 0 bridgehead atoms. The maximum absolute atomic E-state index is 12.5. The molecule has 122 valence electrons. The van der Waals surface area contributed by atoms with Crippen molar-refractivity contribution in [2.24, 2.45) is 0 Å². The molecule has 2 aromatic rings. The molecule has 1 aliphatic heterocycles. The van der Waals surface area contributed by atoms with E-state index < -0.39 is 0 Å². The van der Waals surface area contributed by atoms with Gasteiger partial charge in [-0.05, 0) is 48.6 Å². The third kappa shape index (κ3) is 4.21. The summed E-state index contributed by atoms with van der Waals surface area (Å²) in [5, 5.41) is 0. The van der Waals surface area contributed by atoms with Gasteiger partial charge in [-0.3, -0.25) is 9.59 Å². The fourth-order valence-electron chi connectivity index (χ4n) is 2.03. The molecule has 0 spiro atoms. The minimum atomic E-state index is -0.322. The highest BCUT2D eigenvalue weighted by Gasteiger charge is 2.23. The Balaban J connectivity index is 1.82. The number of thioether (sulfide) groups is 2. The van der Waals surface area contributed by atoms with Crippen molar-refractivity contribution in [3.05, 3.63) is 70.3 Å². The van der Waals surface area contributed by atoms with Crippen molar-refractivity contribution in [1.29, 1.82) is 0 Å². The van der Waals surface area contributed by atoms with Gasteiger partial charge in [0, 0.05) is 11.5 Å². The van der Waals surface area contributed by atoms with Gasteiger partial charge in [0.25, 0.3) is 0 Å². The molecule has 0 atom stereocenters. The van der Waals surface area contributed by atoms with Crippen LogP contribution >= 0.6 is 23.5 Å². The van der Waals surface area contributed by atoms with Gasteiger partial charge >= 0.3 is 0 Å². The summed E-state index contributed by atoms with van der Waals surface area (Å²) in [6.07, 6.45) is 8.94. The molecule has 24 heavy (non-hydrogen) atoms. The molecular weight excluding hydrogens is 344 g/mol. The van der Waals surface area contributed by atoms with Crippen molar-refractivity contribution < 1.29 is 18.4 Å². The number of allylic oxidation sites excluding steroid dienone is 3. The molecule has 3 heterocycles. The van der Waals surface area contributed by atoms with E-state index in [0.717, 1.165) is 15.7 Å². The number of carbonyl (C=O) groups excluding carboxylic acids is 2. The van der Waals surface area contributed by atoms with E-state index in [4.69, 9.17) is 8.83 Å². The Morgan fingerprint density at radius 1 is 0.875 bits per heavy atom. The van der Waals surface area contributed by atoms with Crippen LogP contribution in [0.5, 0.6) is 0 Å². The molecule has 0 unspecified atom stereocenters. The monoisotopic (exact) mass is 358 g/mol. The van der Waals surface area contributed by atoms with Crippen LogP contribution in [0.1, 0.15) is 11.5 Å². The summed E-state index contributed by atoms with van der Waals surface area (Å²) in [4.78, 5) is 25.1. The fourth-order valence-corrected chi connectivity index (χ4v) is 4.59. The molecule has 2 aromatic heterocycles. The van der Waals surface area contributed by atoms with Gasteiger partial charge in [-0.2, -0.15) is 0 Å². The molecule has 0 N–H and O–H groups in total. The predicted octanol–water partition coefficient (Wildman–Crippen LogP) is 4.43. The van der Waals surface area contributed by atoms with Gasteiger partial charge in [0.2, 0.25) is 0 Å². The maximum atomic E-state index is 12.5. The van der Waals surface area contributed by atoms with Gasteiger partial charge in [-0.25, -0.2) is 0 Å². The molecule has 0 radical (unpaired) electrons. The Morgan fingerprint density at radius 3 is 1.79 bits per heavy atom. The van der Waals surface area contributed by atoms with E-state index >= 15 is 0 Å². The maximum Gasteiger partial charge on any atom is 0.191 e. The summed E-state index contributed by atoms with van der Waals surface area (Å²) >= 11 is 3.08. The Morgan fingerprint density at radius 2 is 1.38 bits per heavy atom. The zero-order valence-corrected chi connectivity index (χ0v) is 14.3. The first-order chi connectivity index (χ1) is 11.7. The summed E-state index contributed by atoms with van der Waals surface area (Å²) in [5.41, 5.74) is 0.202. The first-order valence-corrected chi connectivity index (χ1v) is 9.23. The quantitative estimate of drug-likeness (QED) is 0.432. The van der Waals surface area contributed by atoms with E-state index in [1.165, 1.54) is 24.7 Å². The molecule has 0 amide bonds. The summed E-state index contributed by atoms with van der Waals surface area (Å²) in [6.45, 7) is 0. The van der Waals surface area contributed by atoms with Crippen molar-refractivity contribution in [2.75, 3.05) is 11.5 Å². The van der Waals surface area contributed by atoms with Crippen LogP contribution in [-0.2, 0) is 9.59 Å². The SMILES string of the molecule is O=C(C=Cc1ccco1)C(C(=O)C=Cc1ccco1)=C1SCCS1. The first kappa shape index (κ1) is 16.7. The Hall–Kier alpha value is -2.18. The number of carbonyl (C=O) groups is 2. The van der Waals surface area contributed by atoms with Gasteiger partial charge < -0.3 is 8.83 Å². The Kier molecular flexibility index (Phi) is 5.61. The molecule has 3 rings (SSSR count). The second kappa shape index (κ2) is 8.08. The highest BCUT2D eigenvalue weighted by Crippen LogP contribution is 2.39. The highest BCUT2D eigenvalue weighted by molar-refractivity contribution is 8.25. The third-order valence-corrected chi connectivity index (χ3v) is 5.85. The summed E-state index contributed by atoms with van der Waals surface area (Å²) < 4.78 is 11.1. The van der Waals surface area contributed by atoms with Crippen LogP contribution < -0.4 is 0 Å². The lowest BCUT2D eigenvalue weighted by Gasteiger charge is -2.03. The minimum absolute atomic E-state index is 0.202. The van der Waals surface area contributed by atoms with E-state index in [0.29, 0.717) is 11.5 Å². The normalized spacial score (nSPS) is 14.8. The van der Waals surface area contributed by atoms with Crippen molar-refractivity contribution in [3.63, 3.8) is 0 Å². The van der Waals surface area contributed by atoms with Crippen molar-refractivity contribution in [3.8, 4) is 0 Å². The zero-order chi connectivity index (χ0) is 16.8. The third-order valence-electron chi connectivity index (χ3n) is 3.13. The molecule has 0 aliphatic carbocycles. The molecule has 1 fully saturated rings. The van der Waals surface area contributed by atoms with Crippen LogP contribution in [0, 0.1) is 0 Å². The zero-order valence-electron chi connectivity index (χ0n) is 12.6. The number of hydrogen-bond donors (Lipinski definition) is 0. The minimum Gasteiger partial charge on any atom is -0.465 e. The topological polar surface area (TPSA) is 60.4 Å². The van der Waals surface area contributed by atoms with Crippen LogP contribution in [0.15, 0.2) is 67.6 Å². The van der Waals surface area contributed by atoms with Crippen molar-refractivity contribution in [2.45, 2.75) is 0 Å². The average Bonchev–Trinajstić information content (AvgIpc) is 3.34. The fraction of sp³-hybridized carbons (Fsp3) is 0.111. The Labute approximate surface area is 147 Å². The largest absolute Gasteiger partial charge is 0.465 e. The van der Waals surface area contributed by atoms with Gasteiger partial charge in [0.1, 0.15) is 11.5 Å². The van der Waals surface area contributed by atoms with Crippen molar-refractivity contribution in [1.82, 2.24) is 0 Å². The van der Waals surface area contributed by atoms with Crippen LogP contribution in [0.3, 0.4) is 0 Å². The highest BCUT2D eigenvalue weighted by atomic mass is 32.2. The van der Waals surface area contributed by atoms with E-state index in [1.54, 1.807) is 59.9 Å². The van der Waals surface area contributed by atoms with Gasteiger partial charge in [-0.15, -0.1) is 23.5 Å². The smallest absolute Gasteiger partial charge is 0.191 e. The lowest BCUT2D eigenvalue weighted by Crippen LogP contribution is -2.10. The van der Waals surface area contributed by atoms with Gasteiger partial charge in [-0.1, -0.05) is 0 Å². The lowest BCUT2D eigenvalue weighted by molar-refractivity contribution is -0.116. The standard InChI is InChI=1S/C18H14O4S2/c19-15(7-5-13-3-1-9-21-13)17(18-23-11-12-24-18)16(20)8-6-14-4-2-10-22-14/h1-10H,11-12H2. The number of rotatable bonds is 6. The van der Waals surface area contributed by atoms with E-state index in [1.807, 2.05) is 0 Å². The van der Waals surface area contributed by atoms with Crippen LogP contribution in [-0.4, -0.2) is 23.1 Å². The number of furan rings is 2. The lowest BCUT2D eigenvalue weighted by atomic mass is 10.1. The van der Waals surface area contributed by atoms with Gasteiger partial charge in [0.05, 0.1) is 22.3 Å². The summed E-state index contributed by atoms with van der Waals surface area (Å²) in [7, 11) is 0. The van der Waals surface area contributed by atoms with Crippen LogP contribution in [0.4, 0.5) is 0 Å². The van der Waals surface area contributed by atoms with Gasteiger partial charge in [0.15, 0.2) is 11.6 Å². The predicted molar refractivity (Wildman–Crippen MR) is 97.4 cm³/mol. The number of ketones is 2. The molecule has 0 saturated carbocycles. The van der Waals surface area contributed by atoms with E-state index in [2.05, 4.69) is 0 Å². The molecule has 0 aromatic carbocycles. The molecule has 6 heteroatoms. The van der Waals surface area contributed by atoms with Crippen LogP contribution in [0.2, 0.25) is 0 Å². The molecule has 1 saturated heterocycles. The first-order valence-electron chi connectivity index (χ1n) is 7.26. The van der Waals surface area contributed by atoms with E-state index in [9.17, 15) is 9.59 Å². The van der Waals surface area contributed by atoms with Crippen LogP contribution in [0.25, 0.3) is 12.2 Å². The van der Waals surface area contributed by atoms with E-state index in [-0.39, 0.29) is 17.1 Å². The molecule has 1 aliphatic rings. The second-order valence-corrected chi connectivity index (χ2v) is 7.25. The Bertz CT molecular complexity index is 730. The molecule has 4 nitrogen and oxygen atoms in total. The van der Waals surface area contributed by atoms with Crippen molar-refractivity contribution >= 4 is 47.2 Å². The average molecular weight is 358 g/mol. The second-order valence-electron chi connectivity index (χ2n) is 4.79. The number of hydrogen-bond acceptors (Lipinski definition) is 6. The summed E-state index contributed by atoms with van der Waals surface area (Å²) in [6, 6.07) is 6.97. The summed E-state index contributed by atoms with van der Waals surface area (Å²) in [5.74, 6) is 2.28.